The summed E-state index contributed by atoms with van der Waals surface area (Å²) < 4.78 is 0. The Morgan fingerprint density at radius 2 is 1.80 bits per heavy atom. The van der Waals surface area contributed by atoms with Crippen LogP contribution in [-0.4, -0.2) is 5.91 Å². The highest BCUT2D eigenvalue weighted by molar-refractivity contribution is 5.99. The van der Waals surface area contributed by atoms with Crippen molar-refractivity contribution in [3.05, 3.63) is 35.8 Å². The lowest BCUT2D eigenvalue weighted by atomic mass is 10.2. The topological polar surface area (TPSA) is 105 Å². The van der Waals surface area contributed by atoms with E-state index in [2.05, 4.69) is 10.6 Å². The van der Waals surface area contributed by atoms with Gasteiger partial charge in [0.05, 0.1) is 11.4 Å². The van der Waals surface area contributed by atoms with E-state index in [9.17, 15) is 4.79 Å². The maximum atomic E-state index is 11.3. The first-order chi connectivity index (χ1) is 7.22. The molecule has 1 aliphatic heterocycles. The zero-order valence-electron chi connectivity index (χ0n) is 7.87. The molecule has 0 aliphatic carbocycles. The fourth-order valence-electron chi connectivity index (χ4n) is 1.36. The van der Waals surface area contributed by atoms with Crippen molar-refractivity contribution in [2.24, 2.45) is 11.6 Å². The average Bonchev–Trinajstić information content (AvgIpc) is 2.27. The Kier molecular flexibility index (Phi) is 2.18. The number of fused-ring (bicyclic) bond motifs is 1. The lowest BCUT2D eigenvalue weighted by molar-refractivity contribution is -0.117. The monoisotopic (exact) mass is 205 g/mol. The number of benzene rings is 1. The molecule has 78 valence electrons. The Hall–Kier alpha value is -2.21. The number of hydrogen-bond donors (Lipinski definition) is 5. The molecule has 0 bridgehead atoms. The molecular formula is C9H11N5O. The van der Waals surface area contributed by atoms with Gasteiger partial charge < -0.3 is 16.4 Å². The van der Waals surface area contributed by atoms with Crippen LogP contribution in [-0.2, 0) is 4.79 Å². The van der Waals surface area contributed by atoms with E-state index >= 15 is 0 Å². The molecule has 1 aliphatic rings. The molecule has 1 aromatic rings. The van der Waals surface area contributed by atoms with E-state index in [1.54, 1.807) is 0 Å². The molecule has 0 spiro atoms. The number of carbonyl (C=O) groups is 1. The number of amides is 1. The summed E-state index contributed by atoms with van der Waals surface area (Å²) in [4.78, 5) is 11.3. The van der Waals surface area contributed by atoms with Crippen molar-refractivity contribution in [2.75, 3.05) is 10.6 Å². The molecule has 0 radical (unpaired) electrons. The van der Waals surface area contributed by atoms with Crippen molar-refractivity contribution in [1.29, 1.82) is 0 Å². The van der Waals surface area contributed by atoms with Gasteiger partial charge in [-0.15, -0.1) is 0 Å². The molecule has 1 amide bonds. The summed E-state index contributed by atoms with van der Waals surface area (Å²) in [7, 11) is 0. The van der Waals surface area contributed by atoms with Crippen LogP contribution in [0.15, 0.2) is 35.8 Å². The number of hydrogen-bond acceptors (Lipinski definition) is 5. The second-order valence-corrected chi connectivity index (χ2v) is 3.06. The highest BCUT2D eigenvalue weighted by Gasteiger charge is 2.19. The second kappa shape index (κ2) is 3.50. The van der Waals surface area contributed by atoms with Crippen LogP contribution < -0.4 is 27.6 Å². The number of para-hydroxylation sites is 2. The van der Waals surface area contributed by atoms with Crippen molar-refractivity contribution >= 4 is 17.3 Å². The first-order valence-corrected chi connectivity index (χ1v) is 4.36. The molecule has 1 heterocycles. The van der Waals surface area contributed by atoms with Gasteiger partial charge in [0, 0.05) is 0 Å². The predicted octanol–water partition coefficient (Wildman–Crippen LogP) is -0.358. The quantitative estimate of drug-likeness (QED) is 0.245. The van der Waals surface area contributed by atoms with Gasteiger partial charge in [-0.1, -0.05) is 12.1 Å². The van der Waals surface area contributed by atoms with Gasteiger partial charge in [0.25, 0.3) is 5.91 Å². The van der Waals surface area contributed by atoms with Gasteiger partial charge in [0.1, 0.15) is 11.5 Å². The lowest BCUT2D eigenvalue weighted by Crippen LogP contribution is -2.37. The molecule has 0 unspecified atom stereocenters. The first-order valence-electron chi connectivity index (χ1n) is 4.36. The van der Waals surface area contributed by atoms with Crippen LogP contribution in [0.2, 0.25) is 0 Å². The number of carbonyl (C=O) groups excluding carboxylic acids is 1. The fraction of sp³-hybridized carbons (Fsp3) is 0. The highest BCUT2D eigenvalue weighted by Crippen LogP contribution is 2.27. The Morgan fingerprint density at radius 1 is 1.20 bits per heavy atom. The molecule has 0 fully saturated rings. The van der Waals surface area contributed by atoms with Gasteiger partial charge in [-0.25, -0.2) is 5.84 Å². The van der Waals surface area contributed by atoms with E-state index in [0.717, 1.165) is 11.4 Å². The minimum atomic E-state index is -0.463. The van der Waals surface area contributed by atoms with Gasteiger partial charge in [-0.3, -0.25) is 10.2 Å². The van der Waals surface area contributed by atoms with Crippen molar-refractivity contribution < 1.29 is 4.79 Å². The van der Waals surface area contributed by atoms with Crippen LogP contribution in [0, 0.1) is 0 Å². The van der Waals surface area contributed by atoms with Gasteiger partial charge in [-0.2, -0.15) is 0 Å². The molecule has 0 saturated heterocycles. The standard InChI is InChI=1S/C9H11N5O/c10-8-7(9(15)14-11)12-5-3-1-2-4-6(5)13-8/h1-4,12-13H,10-11H2,(H,14,15). The molecule has 15 heavy (non-hydrogen) atoms. The Bertz CT molecular complexity index is 440. The smallest absolute Gasteiger partial charge is 0.285 e. The predicted molar refractivity (Wildman–Crippen MR) is 57.2 cm³/mol. The summed E-state index contributed by atoms with van der Waals surface area (Å²) in [5.74, 6) is 4.81. The second-order valence-electron chi connectivity index (χ2n) is 3.06. The van der Waals surface area contributed by atoms with Crippen LogP contribution in [0.1, 0.15) is 0 Å². The Labute approximate surface area is 86.3 Å². The molecule has 2 rings (SSSR count). The number of hydrazine groups is 1. The summed E-state index contributed by atoms with van der Waals surface area (Å²) >= 11 is 0. The van der Waals surface area contributed by atoms with Crippen molar-refractivity contribution in [2.45, 2.75) is 0 Å². The van der Waals surface area contributed by atoms with E-state index in [-0.39, 0.29) is 11.5 Å². The number of anilines is 2. The summed E-state index contributed by atoms with van der Waals surface area (Å²) in [5.41, 5.74) is 9.50. The molecule has 6 heteroatoms. The van der Waals surface area contributed by atoms with Gasteiger partial charge in [-0.05, 0) is 12.1 Å². The third-order valence-electron chi connectivity index (χ3n) is 2.08. The molecule has 6 nitrogen and oxygen atoms in total. The van der Waals surface area contributed by atoms with Gasteiger partial charge in [0.2, 0.25) is 0 Å². The van der Waals surface area contributed by atoms with Crippen LogP contribution in [0.25, 0.3) is 0 Å². The zero-order chi connectivity index (χ0) is 10.8. The SMILES string of the molecule is NNC(=O)C1=C(N)Nc2ccccc2N1. The third-order valence-corrected chi connectivity index (χ3v) is 2.08. The van der Waals surface area contributed by atoms with E-state index in [1.165, 1.54) is 0 Å². The van der Waals surface area contributed by atoms with Crippen LogP contribution >= 0.6 is 0 Å². The normalized spacial score (nSPS) is 13.7. The molecule has 7 N–H and O–H groups in total. The van der Waals surface area contributed by atoms with Crippen molar-refractivity contribution in [1.82, 2.24) is 5.43 Å². The third kappa shape index (κ3) is 1.57. The minimum absolute atomic E-state index is 0.219. The van der Waals surface area contributed by atoms with E-state index < -0.39 is 5.91 Å². The Balaban J connectivity index is 2.35. The fourth-order valence-corrected chi connectivity index (χ4v) is 1.36. The molecule has 0 saturated carbocycles. The molecule has 0 aromatic heterocycles. The summed E-state index contributed by atoms with van der Waals surface area (Å²) in [6.45, 7) is 0. The average molecular weight is 205 g/mol. The van der Waals surface area contributed by atoms with Crippen LogP contribution in [0.5, 0.6) is 0 Å². The van der Waals surface area contributed by atoms with Crippen LogP contribution in [0.3, 0.4) is 0 Å². The minimum Gasteiger partial charge on any atom is -0.383 e. The summed E-state index contributed by atoms with van der Waals surface area (Å²) in [6.07, 6.45) is 0. The number of nitrogens with two attached hydrogens (primary N) is 2. The number of rotatable bonds is 1. The first kappa shape index (κ1) is 9.35. The van der Waals surface area contributed by atoms with E-state index in [0.29, 0.717) is 0 Å². The van der Waals surface area contributed by atoms with Gasteiger partial charge >= 0.3 is 0 Å². The highest BCUT2D eigenvalue weighted by atomic mass is 16.2. The van der Waals surface area contributed by atoms with Crippen molar-refractivity contribution in [3.63, 3.8) is 0 Å². The summed E-state index contributed by atoms with van der Waals surface area (Å²) in [6, 6.07) is 7.41. The lowest BCUT2D eigenvalue weighted by Gasteiger charge is -2.22. The molecular weight excluding hydrogens is 194 g/mol. The summed E-state index contributed by atoms with van der Waals surface area (Å²) in [5, 5.41) is 5.80. The largest absolute Gasteiger partial charge is 0.383 e. The zero-order valence-corrected chi connectivity index (χ0v) is 7.87. The van der Waals surface area contributed by atoms with Crippen molar-refractivity contribution in [3.8, 4) is 0 Å². The maximum absolute atomic E-state index is 11.3. The van der Waals surface area contributed by atoms with E-state index in [1.807, 2.05) is 29.7 Å². The van der Waals surface area contributed by atoms with E-state index in [4.69, 9.17) is 11.6 Å². The van der Waals surface area contributed by atoms with Gasteiger partial charge in [0.15, 0.2) is 0 Å². The molecule has 0 atom stereocenters. The Morgan fingerprint density at radius 3 is 2.40 bits per heavy atom. The number of nitrogens with one attached hydrogen (secondary N) is 3. The maximum Gasteiger partial charge on any atom is 0.285 e. The molecule has 1 aromatic carbocycles. The van der Waals surface area contributed by atoms with Crippen LogP contribution in [0.4, 0.5) is 11.4 Å².